The minimum Gasteiger partial charge on any atom is -0.493 e. The first-order valence-corrected chi connectivity index (χ1v) is 12.2. The van der Waals surface area contributed by atoms with Crippen molar-refractivity contribution in [1.82, 2.24) is 10.2 Å². The Morgan fingerprint density at radius 3 is 2.50 bits per heavy atom. The Morgan fingerprint density at radius 2 is 1.82 bits per heavy atom. The van der Waals surface area contributed by atoms with Crippen LogP contribution >= 0.6 is 11.6 Å². The molecular formula is C26H33ClN2O5. The maximum absolute atomic E-state index is 13.1. The molecule has 1 N–H and O–H groups in total. The molecule has 0 radical (unpaired) electrons. The molecule has 0 aliphatic carbocycles. The summed E-state index contributed by atoms with van der Waals surface area (Å²) in [4.78, 5) is 27.4. The summed E-state index contributed by atoms with van der Waals surface area (Å²) in [6, 6.07) is 10.4. The topological polar surface area (TPSA) is 77.1 Å². The first-order chi connectivity index (χ1) is 16.5. The molecule has 0 aromatic heterocycles. The lowest BCUT2D eigenvalue weighted by Gasteiger charge is -2.22. The van der Waals surface area contributed by atoms with E-state index < -0.39 is 0 Å². The number of hydrogen-bond acceptors (Lipinski definition) is 5. The molecule has 1 unspecified atom stereocenters. The van der Waals surface area contributed by atoms with Crippen molar-refractivity contribution in [3.05, 3.63) is 52.5 Å². The second-order valence-corrected chi connectivity index (χ2v) is 8.59. The first-order valence-electron chi connectivity index (χ1n) is 11.8. The molecule has 2 amide bonds. The molecule has 1 aliphatic heterocycles. The molecule has 2 aromatic carbocycles. The Labute approximate surface area is 206 Å². The average molecular weight is 489 g/mol. The van der Waals surface area contributed by atoms with Crippen molar-refractivity contribution in [3.8, 4) is 17.2 Å². The van der Waals surface area contributed by atoms with Gasteiger partial charge < -0.3 is 24.4 Å². The lowest BCUT2D eigenvalue weighted by molar-refractivity contribution is -0.132. The zero-order chi connectivity index (χ0) is 24.5. The van der Waals surface area contributed by atoms with Gasteiger partial charge >= 0.3 is 0 Å². The zero-order valence-electron chi connectivity index (χ0n) is 20.1. The summed E-state index contributed by atoms with van der Waals surface area (Å²) in [7, 11) is 1.51. The van der Waals surface area contributed by atoms with E-state index in [0.717, 1.165) is 37.9 Å². The summed E-state index contributed by atoms with van der Waals surface area (Å²) in [6.07, 6.45) is 3.53. The van der Waals surface area contributed by atoms with Crippen molar-refractivity contribution in [2.24, 2.45) is 0 Å². The largest absolute Gasteiger partial charge is 0.493 e. The fourth-order valence-corrected chi connectivity index (χ4v) is 4.20. The molecule has 1 heterocycles. The average Bonchev–Trinajstić information content (AvgIpc) is 3.40. The summed E-state index contributed by atoms with van der Waals surface area (Å²) in [5.74, 6) is 1.11. The van der Waals surface area contributed by atoms with Gasteiger partial charge in [0.25, 0.3) is 11.8 Å². The van der Waals surface area contributed by atoms with Gasteiger partial charge in [-0.1, -0.05) is 43.6 Å². The molecule has 1 aliphatic rings. The monoisotopic (exact) mass is 488 g/mol. The van der Waals surface area contributed by atoms with Gasteiger partial charge in [0.05, 0.1) is 24.8 Å². The van der Waals surface area contributed by atoms with Crippen LogP contribution < -0.4 is 19.5 Å². The zero-order valence-corrected chi connectivity index (χ0v) is 20.8. The normalized spacial score (nSPS) is 13.9. The number of hydrogen-bond donors (Lipinski definition) is 1. The molecule has 1 fully saturated rings. The molecule has 8 heteroatoms. The Kier molecular flexibility index (Phi) is 9.45. The molecule has 184 valence electrons. The number of rotatable bonds is 11. The van der Waals surface area contributed by atoms with E-state index in [1.165, 1.54) is 7.11 Å². The third kappa shape index (κ3) is 6.35. The van der Waals surface area contributed by atoms with Gasteiger partial charge in [0.1, 0.15) is 5.75 Å². The van der Waals surface area contributed by atoms with Crippen molar-refractivity contribution in [2.45, 2.75) is 45.6 Å². The summed E-state index contributed by atoms with van der Waals surface area (Å²) in [6.45, 7) is 6.02. The molecule has 1 saturated heterocycles. The molecule has 2 aromatic rings. The van der Waals surface area contributed by atoms with Gasteiger partial charge in [-0.3, -0.25) is 9.59 Å². The molecule has 0 saturated carbocycles. The van der Waals surface area contributed by atoms with Crippen LogP contribution in [0.1, 0.15) is 61.5 Å². The summed E-state index contributed by atoms with van der Waals surface area (Å²) in [5.41, 5.74) is 1.18. The number of likely N-dealkylation sites (tertiary alicyclic amines) is 1. The Balaban J connectivity index is 1.74. The Hall–Kier alpha value is -2.93. The van der Waals surface area contributed by atoms with E-state index in [2.05, 4.69) is 5.32 Å². The van der Waals surface area contributed by atoms with Crippen LogP contribution in [0.3, 0.4) is 0 Å². The van der Waals surface area contributed by atoms with Gasteiger partial charge in [0.15, 0.2) is 18.1 Å². The quantitative estimate of drug-likeness (QED) is 0.480. The van der Waals surface area contributed by atoms with Crippen LogP contribution in [0, 0.1) is 0 Å². The van der Waals surface area contributed by atoms with Crippen molar-refractivity contribution in [2.75, 3.05) is 33.4 Å². The van der Waals surface area contributed by atoms with Crippen molar-refractivity contribution < 1.29 is 23.8 Å². The molecular weight excluding hydrogens is 456 g/mol. The van der Waals surface area contributed by atoms with Crippen LogP contribution in [-0.2, 0) is 4.79 Å². The standard InChI is InChI=1S/C26H33ClN2O5/c1-4-14-33-25-20(27)15-18(16-23(25)32-3)26(31)28-21(5-2)19-10-6-7-11-22(19)34-17-24(30)29-12-8-9-13-29/h6-7,10-11,15-16,21H,4-5,8-9,12-14,17H2,1-3H3,(H,28,31). The van der Waals surface area contributed by atoms with Gasteiger partial charge in [-0.15, -0.1) is 0 Å². The van der Waals surface area contributed by atoms with Crippen molar-refractivity contribution >= 4 is 23.4 Å². The second kappa shape index (κ2) is 12.5. The number of ether oxygens (including phenoxy) is 3. The number of carbonyl (C=O) groups is 2. The number of benzene rings is 2. The third-order valence-electron chi connectivity index (χ3n) is 5.76. The van der Waals surface area contributed by atoms with E-state index >= 15 is 0 Å². The SMILES string of the molecule is CCCOc1c(Cl)cc(C(=O)NC(CC)c2ccccc2OCC(=O)N2CCCC2)cc1OC. The highest BCUT2D eigenvalue weighted by molar-refractivity contribution is 6.32. The number of methoxy groups -OCH3 is 1. The predicted molar refractivity (Wildman–Crippen MR) is 132 cm³/mol. The van der Waals surface area contributed by atoms with Gasteiger partial charge in [0, 0.05) is 24.2 Å². The van der Waals surface area contributed by atoms with E-state index in [0.29, 0.717) is 40.9 Å². The first kappa shape index (κ1) is 25.7. The van der Waals surface area contributed by atoms with Crippen LogP contribution in [0.5, 0.6) is 17.2 Å². The van der Waals surface area contributed by atoms with Gasteiger partial charge in [-0.05, 0) is 43.9 Å². The summed E-state index contributed by atoms with van der Waals surface area (Å²) in [5, 5.41) is 3.37. The van der Waals surface area contributed by atoms with E-state index in [1.54, 1.807) is 12.1 Å². The highest BCUT2D eigenvalue weighted by Gasteiger charge is 2.22. The fraction of sp³-hybridized carbons (Fsp3) is 0.462. The van der Waals surface area contributed by atoms with E-state index in [9.17, 15) is 9.59 Å². The van der Waals surface area contributed by atoms with E-state index in [-0.39, 0.29) is 24.5 Å². The highest BCUT2D eigenvalue weighted by Crippen LogP contribution is 2.37. The highest BCUT2D eigenvalue weighted by atomic mass is 35.5. The molecule has 3 rings (SSSR count). The minimum atomic E-state index is -0.314. The number of amides is 2. The molecule has 0 bridgehead atoms. The lowest BCUT2D eigenvalue weighted by atomic mass is 10.0. The summed E-state index contributed by atoms with van der Waals surface area (Å²) >= 11 is 6.39. The van der Waals surface area contributed by atoms with Crippen molar-refractivity contribution in [3.63, 3.8) is 0 Å². The maximum Gasteiger partial charge on any atom is 0.260 e. The van der Waals surface area contributed by atoms with Gasteiger partial charge in [0.2, 0.25) is 0 Å². The number of nitrogens with one attached hydrogen (secondary N) is 1. The second-order valence-electron chi connectivity index (χ2n) is 8.19. The Bertz CT molecular complexity index is 991. The number of nitrogens with zero attached hydrogens (tertiary/aromatic N) is 1. The summed E-state index contributed by atoms with van der Waals surface area (Å²) < 4.78 is 17.0. The van der Waals surface area contributed by atoms with Crippen LogP contribution in [0.15, 0.2) is 36.4 Å². The smallest absolute Gasteiger partial charge is 0.260 e. The van der Waals surface area contributed by atoms with E-state index in [1.807, 2.05) is 43.0 Å². The van der Waals surface area contributed by atoms with Crippen LogP contribution in [0.4, 0.5) is 0 Å². The van der Waals surface area contributed by atoms with Crippen LogP contribution in [-0.4, -0.2) is 50.1 Å². The van der Waals surface area contributed by atoms with E-state index in [4.69, 9.17) is 25.8 Å². The predicted octanol–water partition coefficient (Wildman–Crippen LogP) is 5.02. The molecule has 34 heavy (non-hydrogen) atoms. The Morgan fingerprint density at radius 1 is 1.09 bits per heavy atom. The van der Waals surface area contributed by atoms with Gasteiger partial charge in [-0.2, -0.15) is 0 Å². The number of carbonyl (C=O) groups excluding carboxylic acids is 2. The van der Waals surface area contributed by atoms with Crippen LogP contribution in [0.2, 0.25) is 5.02 Å². The molecule has 7 nitrogen and oxygen atoms in total. The van der Waals surface area contributed by atoms with Crippen molar-refractivity contribution in [1.29, 1.82) is 0 Å². The maximum atomic E-state index is 13.1. The fourth-order valence-electron chi connectivity index (χ4n) is 3.93. The number of para-hydroxylation sites is 1. The van der Waals surface area contributed by atoms with Gasteiger partial charge in [-0.25, -0.2) is 0 Å². The lowest BCUT2D eigenvalue weighted by Crippen LogP contribution is -2.32. The molecule has 0 spiro atoms. The number of halogens is 1. The van der Waals surface area contributed by atoms with Crippen LogP contribution in [0.25, 0.3) is 0 Å². The third-order valence-corrected chi connectivity index (χ3v) is 6.04. The molecule has 1 atom stereocenters. The minimum absolute atomic E-state index is 0.0171.